The predicted octanol–water partition coefficient (Wildman–Crippen LogP) is 2.14. The molecule has 4 nitrogen and oxygen atoms in total. The normalized spacial score (nSPS) is 10.6. The molecule has 1 N–H and O–H groups in total. The lowest BCUT2D eigenvalue weighted by molar-refractivity contribution is 0.664. The zero-order valence-corrected chi connectivity index (χ0v) is 10.6. The van der Waals surface area contributed by atoms with E-state index in [9.17, 15) is 0 Å². The van der Waals surface area contributed by atoms with Crippen molar-refractivity contribution >= 4 is 15.9 Å². The van der Waals surface area contributed by atoms with Gasteiger partial charge >= 0.3 is 0 Å². The molecule has 0 aliphatic carbocycles. The van der Waals surface area contributed by atoms with Crippen LogP contribution in [0.2, 0.25) is 0 Å². The van der Waals surface area contributed by atoms with Gasteiger partial charge in [0.1, 0.15) is 12.2 Å². The topological polar surface area (TPSA) is 42.7 Å². The fourth-order valence-electron chi connectivity index (χ4n) is 1.45. The smallest absolute Gasteiger partial charge is 0.146 e. The Hall–Kier alpha value is -1.20. The maximum atomic E-state index is 4.23. The molecule has 0 unspecified atom stereocenters. The molecule has 84 valence electrons. The van der Waals surface area contributed by atoms with E-state index in [-0.39, 0.29) is 0 Å². The van der Waals surface area contributed by atoms with E-state index >= 15 is 0 Å². The largest absolute Gasteiger partial charge is 0.310 e. The van der Waals surface area contributed by atoms with Gasteiger partial charge in [0, 0.05) is 4.47 Å². The molecule has 2 rings (SSSR count). The first-order chi connectivity index (χ1) is 7.81. The second-order valence-corrected chi connectivity index (χ2v) is 4.26. The van der Waals surface area contributed by atoms with E-state index in [0.29, 0.717) is 0 Å². The van der Waals surface area contributed by atoms with Crippen LogP contribution in [0, 0.1) is 0 Å². The van der Waals surface area contributed by atoms with Crippen molar-refractivity contribution in [1.29, 1.82) is 0 Å². The Balaban J connectivity index is 2.29. The molecule has 0 bridgehead atoms. The van der Waals surface area contributed by atoms with E-state index < -0.39 is 0 Å². The lowest BCUT2D eigenvalue weighted by Crippen LogP contribution is -2.16. The molecular formula is C11H13BrN4. The molecule has 0 fully saturated rings. The monoisotopic (exact) mass is 280 g/mol. The second-order valence-electron chi connectivity index (χ2n) is 3.35. The summed E-state index contributed by atoms with van der Waals surface area (Å²) in [6, 6.07) is 8.00. The molecule has 0 amide bonds. The number of benzene rings is 1. The second kappa shape index (κ2) is 5.23. The van der Waals surface area contributed by atoms with Crippen molar-refractivity contribution in [2.45, 2.75) is 13.5 Å². The lowest BCUT2D eigenvalue weighted by Gasteiger charge is -2.06. The Morgan fingerprint density at radius 1 is 1.44 bits per heavy atom. The third kappa shape index (κ3) is 2.48. The predicted molar refractivity (Wildman–Crippen MR) is 66.4 cm³/mol. The Morgan fingerprint density at radius 3 is 3.06 bits per heavy atom. The van der Waals surface area contributed by atoms with Gasteiger partial charge in [-0.2, -0.15) is 5.10 Å². The van der Waals surface area contributed by atoms with Gasteiger partial charge in [-0.3, -0.25) is 0 Å². The summed E-state index contributed by atoms with van der Waals surface area (Å²) < 4.78 is 2.88. The molecule has 1 aromatic carbocycles. The molecule has 0 radical (unpaired) electrons. The van der Waals surface area contributed by atoms with Crippen molar-refractivity contribution in [3.8, 4) is 5.69 Å². The van der Waals surface area contributed by atoms with Gasteiger partial charge in [-0.25, -0.2) is 9.67 Å². The van der Waals surface area contributed by atoms with E-state index in [1.54, 1.807) is 6.33 Å². The van der Waals surface area contributed by atoms with E-state index in [0.717, 1.165) is 29.1 Å². The van der Waals surface area contributed by atoms with Crippen LogP contribution in [0.15, 0.2) is 35.1 Å². The quantitative estimate of drug-likeness (QED) is 0.933. The molecule has 1 aromatic heterocycles. The van der Waals surface area contributed by atoms with Crippen molar-refractivity contribution in [3.05, 3.63) is 40.9 Å². The molecule has 0 aliphatic heterocycles. The van der Waals surface area contributed by atoms with Gasteiger partial charge in [0.2, 0.25) is 0 Å². The maximum Gasteiger partial charge on any atom is 0.146 e. The Kier molecular flexibility index (Phi) is 3.69. The summed E-state index contributed by atoms with van der Waals surface area (Å²) in [5, 5.41) is 7.47. The molecular weight excluding hydrogens is 268 g/mol. The van der Waals surface area contributed by atoms with Gasteiger partial charge in [0.15, 0.2) is 0 Å². The molecule has 5 heteroatoms. The molecule has 2 aromatic rings. The van der Waals surface area contributed by atoms with Gasteiger partial charge in [0.05, 0.1) is 12.2 Å². The highest BCUT2D eigenvalue weighted by Crippen LogP contribution is 2.15. The first-order valence-electron chi connectivity index (χ1n) is 5.17. The number of rotatable bonds is 4. The van der Waals surface area contributed by atoms with Crippen LogP contribution in [0.25, 0.3) is 5.69 Å². The summed E-state index contributed by atoms with van der Waals surface area (Å²) in [6.45, 7) is 3.72. The highest BCUT2D eigenvalue weighted by atomic mass is 79.9. The fraction of sp³-hybridized carbons (Fsp3) is 0.273. The number of nitrogens with zero attached hydrogens (tertiary/aromatic N) is 3. The van der Waals surface area contributed by atoms with Gasteiger partial charge < -0.3 is 5.32 Å². The van der Waals surface area contributed by atoms with Gasteiger partial charge in [0.25, 0.3) is 0 Å². The van der Waals surface area contributed by atoms with Crippen LogP contribution in [-0.4, -0.2) is 21.3 Å². The van der Waals surface area contributed by atoms with Crippen molar-refractivity contribution < 1.29 is 0 Å². The first-order valence-corrected chi connectivity index (χ1v) is 5.96. The van der Waals surface area contributed by atoms with E-state index in [4.69, 9.17) is 0 Å². The first kappa shape index (κ1) is 11.3. The minimum absolute atomic E-state index is 0.725. The van der Waals surface area contributed by atoms with Crippen molar-refractivity contribution in [3.63, 3.8) is 0 Å². The van der Waals surface area contributed by atoms with E-state index in [1.165, 1.54) is 0 Å². The zero-order valence-electron chi connectivity index (χ0n) is 9.02. The SMILES string of the molecule is CCNCc1ncnn1-c1cccc(Br)c1. The van der Waals surface area contributed by atoms with E-state index in [1.807, 2.05) is 28.9 Å². The average molecular weight is 281 g/mol. The van der Waals surface area contributed by atoms with Crippen LogP contribution >= 0.6 is 15.9 Å². The fourth-order valence-corrected chi connectivity index (χ4v) is 1.83. The minimum Gasteiger partial charge on any atom is -0.310 e. The van der Waals surface area contributed by atoms with Crippen LogP contribution < -0.4 is 5.32 Å². The van der Waals surface area contributed by atoms with Crippen molar-refractivity contribution in [1.82, 2.24) is 20.1 Å². The third-order valence-electron chi connectivity index (χ3n) is 2.20. The van der Waals surface area contributed by atoms with E-state index in [2.05, 4.69) is 38.3 Å². The molecule has 0 atom stereocenters. The summed E-state index contributed by atoms with van der Waals surface area (Å²) in [5.74, 6) is 0.917. The Bertz CT molecular complexity index is 467. The van der Waals surface area contributed by atoms with Gasteiger partial charge in [-0.05, 0) is 24.7 Å². The average Bonchev–Trinajstić information content (AvgIpc) is 2.74. The Morgan fingerprint density at radius 2 is 2.31 bits per heavy atom. The van der Waals surface area contributed by atoms with Crippen LogP contribution in [-0.2, 0) is 6.54 Å². The maximum absolute atomic E-state index is 4.23. The van der Waals surface area contributed by atoms with Crippen molar-refractivity contribution in [2.24, 2.45) is 0 Å². The number of hydrogen-bond acceptors (Lipinski definition) is 3. The molecule has 0 aliphatic rings. The molecule has 0 saturated heterocycles. The van der Waals surface area contributed by atoms with Gasteiger partial charge in [-0.1, -0.05) is 28.9 Å². The minimum atomic E-state index is 0.725. The summed E-state index contributed by atoms with van der Waals surface area (Å²) in [4.78, 5) is 4.23. The third-order valence-corrected chi connectivity index (χ3v) is 2.70. The molecule has 1 heterocycles. The molecule has 0 spiro atoms. The van der Waals surface area contributed by atoms with Crippen LogP contribution in [0.4, 0.5) is 0 Å². The number of aromatic nitrogens is 3. The summed E-state index contributed by atoms with van der Waals surface area (Å²) in [6.07, 6.45) is 1.58. The Labute approximate surface area is 103 Å². The molecule has 0 saturated carbocycles. The van der Waals surface area contributed by atoms with Crippen LogP contribution in [0.5, 0.6) is 0 Å². The van der Waals surface area contributed by atoms with Crippen LogP contribution in [0.3, 0.4) is 0 Å². The highest BCUT2D eigenvalue weighted by Gasteiger charge is 2.05. The van der Waals surface area contributed by atoms with Crippen molar-refractivity contribution in [2.75, 3.05) is 6.54 Å². The molecule has 16 heavy (non-hydrogen) atoms. The van der Waals surface area contributed by atoms with Crippen LogP contribution in [0.1, 0.15) is 12.7 Å². The summed E-state index contributed by atoms with van der Waals surface area (Å²) in [5.41, 5.74) is 1.01. The van der Waals surface area contributed by atoms with Gasteiger partial charge in [-0.15, -0.1) is 0 Å². The highest BCUT2D eigenvalue weighted by molar-refractivity contribution is 9.10. The number of hydrogen-bond donors (Lipinski definition) is 1. The summed E-state index contributed by atoms with van der Waals surface area (Å²) >= 11 is 3.45. The number of halogens is 1. The lowest BCUT2D eigenvalue weighted by atomic mass is 10.3. The standard InChI is InChI=1S/C11H13BrN4/c1-2-13-7-11-14-8-15-16(11)10-5-3-4-9(12)6-10/h3-6,8,13H,2,7H2,1H3. The zero-order chi connectivity index (χ0) is 11.4. The number of nitrogens with one attached hydrogen (secondary N) is 1. The summed E-state index contributed by atoms with van der Waals surface area (Å²) in [7, 11) is 0.